The lowest BCUT2D eigenvalue weighted by Gasteiger charge is -2.32. The highest BCUT2D eigenvalue weighted by Crippen LogP contribution is 2.31. The highest BCUT2D eigenvalue weighted by molar-refractivity contribution is 6.01. The van der Waals surface area contributed by atoms with Gasteiger partial charge in [-0.25, -0.2) is 0 Å². The fraction of sp³-hybridized carbons (Fsp3) is 0.343. The van der Waals surface area contributed by atoms with E-state index in [9.17, 15) is 19.2 Å². The van der Waals surface area contributed by atoms with Gasteiger partial charge in [-0.2, -0.15) is 0 Å². The van der Waals surface area contributed by atoms with Gasteiger partial charge in [-0.3, -0.25) is 24.2 Å². The summed E-state index contributed by atoms with van der Waals surface area (Å²) in [6.45, 7) is 1.20. The van der Waals surface area contributed by atoms with Gasteiger partial charge in [0.1, 0.15) is 17.8 Å². The fourth-order valence-corrected chi connectivity index (χ4v) is 6.11. The highest BCUT2D eigenvalue weighted by Gasteiger charge is 2.39. The van der Waals surface area contributed by atoms with Crippen LogP contribution in [0.5, 0.6) is 0 Å². The molecule has 0 radical (unpaired) electrons. The van der Waals surface area contributed by atoms with Gasteiger partial charge in [-0.15, -0.1) is 0 Å². The average molecular weight is 592 g/mol. The van der Waals surface area contributed by atoms with Crippen LogP contribution in [0.25, 0.3) is 12.2 Å². The molecule has 2 aromatic carbocycles. The number of rotatable bonds is 8. The number of hydrogen-bond acceptors (Lipinski definition) is 5. The van der Waals surface area contributed by atoms with Gasteiger partial charge in [0.25, 0.3) is 5.91 Å². The molecule has 3 aromatic rings. The number of nitrogens with zero attached hydrogens (tertiary/aromatic N) is 3. The van der Waals surface area contributed by atoms with Crippen LogP contribution < -0.4 is 10.6 Å². The summed E-state index contributed by atoms with van der Waals surface area (Å²) in [5, 5.41) is 5.94. The average Bonchev–Trinajstić information content (AvgIpc) is 3.72. The first-order valence-electron chi connectivity index (χ1n) is 15.5. The molecule has 3 aliphatic rings. The number of benzene rings is 2. The third-order valence-electron chi connectivity index (χ3n) is 8.82. The Morgan fingerprint density at radius 3 is 1.70 bits per heavy atom. The minimum absolute atomic E-state index is 0.0994. The highest BCUT2D eigenvalue weighted by atomic mass is 16.2. The van der Waals surface area contributed by atoms with Crippen LogP contribution in [0.4, 0.5) is 11.4 Å². The van der Waals surface area contributed by atoms with Gasteiger partial charge in [-0.05, 0) is 86.1 Å². The van der Waals surface area contributed by atoms with E-state index in [1.807, 2.05) is 60.7 Å². The van der Waals surface area contributed by atoms with Gasteiger partial charge in [0.05, 0.1) is 0 Å². The number of likely N-dealkylation sites (tertiary alicyclic amines) is 2. The molecule has 1 aliphatic carbocycles. The van der Waals surface area contributed by atoms with E-state index in [0.717, 1.165) is 43.2 Å². The number of hydrogen-bond donors (Lipinski definition) is 2. The Morgan fingerprint density at radius 2 is 1.20 bits per heavy atom. The first-order chi connectivity index (χ1) is 21.5. The summed E-state index contributed by atoms with van der Waals surface area (Å²) in [6.07, 6.45) is 11.5. The summed E-state index contributed by atoms with van der Waals surface area (Å²) < 4.78 is 0. The zero-order chi connectivity index (χ0) is 30.5. The van der Waals surface area contributed by atoms with Crippen molar-refractivity contribution >= 4 is 47.2 Å². The van der Waals surface area contributed by atoms with Gasteiger partial charge in [0.2, 0.25) is 17.7 Å². The number of carbonyl (C=O) groups is 4. The molecule has 4 amide bonds. The predicted octanol–water partition coefficient (Wildman–Crippen LogP) is 5.22. The molecule has 44 heavy (non-hydrogen) atoms. The summed E-state index contributed by atoms with van der Waals surface area (Å²) >= 11 is 0. The molecule has 6 rings (SSSR count). The third-order valence-corrected chi connectivity index (χ3v) is 8.82. The fourth-order valence-electron chi connectivity index (χ4n) is 6.11. The molecule has 0 spiro atoms. The van der Waals surface area contributed by atoms with Gasteiger partial charge in [0, 0.05) is 36.6 Å². The van der Waals surface area contributed by atoms with Gasteiger partial charge in [-0.1, -0.05) is 48.9 Å². The number of anilines is 2. The minimum atomic E-state index is -0.524. The Labute approximate surface area is 257 Å². The van der Waals surface area contributed by atoms with E-state index in [2.05, 4.69) is 15.6 Å². The zero-order valence-electron chi connectivity index (χ0n) is 24.7. The van der Waals surface area contributed by atoms with E-state index < -0.39 is 6.04 Å². The number of nitrogens with one attached hydrogen (secondary N) is 2. The maximum absolute atomic E-state index is 13.0. The molecule has 2 N–H and O–H groups in total. The lowest BCUT2D eigenvalue weighted by Crippen LogP contribution is -2.46. The van der Waals surface area contributed by atoms with E-state index >= 15 is 0 Å². The van der Waals surface area contributed by atoms with Gasteiger partial charge in [0.15, 0.2) is 0 Å². The van der Waals surface area contributed by atoms with Crippen LogP contribution in [0.15, 0.2) is 72.9 Å². The Balaban J connectivity index is 1.00. The van der Waals surface area contributed by atoms with Crippen LogP contribution in [0.1, 0.15) is 66.6 Å². The zero-order valence-corrected chi connectivity index (χ0v) is 24.7. The van der Waals surface area contributed by atoms with E-state index in [4.69, 9.17) is 0 Å². The van der Waals surface area contributed by atoms with Crippen molar-refractivity contribution in [2.45, 2.75) is 57.0 Å². The molecule has 3 fully saturated rings. The molecule has 9 heteroatoms. The molecule has 0 unspecified atom stereocenters. The second kappa shape index (κ2) is 13.2. The topological polar surface area (TPSA) is 112 Å². The van der Waals surface area contributed by atoms with Crippen molar-refractivity contribution in [2.24, 2.45) is 5.92 Å². The lowest BCUT2D eigenvalue weighted by atomic mass is 9.84. The van der Waals surface area contributed by atoms with Crippen molar-refractivity contribution in [1.82, 2.24) is 14.8 Å². The van der Waals surface area contributed by atoms with Crippen LogP contribution in [-0.2, 0) is 14.4 Å². The van der Waals surface area contributed by atoms with Gasteiger partial charge < -0.3 is 20.4 Å². The van der Waals surface area contributed by atoms with Crippen molar-refractivity contribution in [3.8, 4) is 0 Å². The van der Waals surface area contributed by atoms with Crippen LogP contribution in [-0.4, -0.2) is 63.6 Å². The SMILES string of the molecule is O=C(Nc1ccc(C=Cc2ccc(NC(=O)[C@@H]3CCCN3C(=O)C3CCC3)cc2)cc1)[C@@H]1CCCN1C(=O)c1ccccn1. The van der Waals surface area contributed by atoms with E-state index in [0.29, 0.717) is 43.0 Å². The maximum Gasteiger partial charge on any atom is 0.273 e. The number of carbonyl (C=O) groups excluding carboxylic acids is 4. The molecular weight excluding hydrogens is 554 g/mol. The van der Waals surface area contributed by atoms with Crippen LogP contribution in [0.3, 0.4) is 0 Å². The standard InChI is InChI=1S/C35H37N5O4/c41-32(30-9-4-22-39(30)34(43)26-6-3-7-26)37-27-17-13-24(14-18-27)11-12-25-15-19-28(20-16-25)38-33(42)31-10-5-23-40(31)35(44)29-8-1-2-21-36-29/h1-2,8,11-21,26,30-31H,3-7,9-10,22-23H2,(H,37,41)(H,38,42)/t30-,31-/m0/s1. The van der Waals surface area contributed by atoms with Crippen molar-refractivity contribution < 1.29 is 19.2 Å². The van der Waals surface area contributed by atoms with Crippen molar-refractivity contribution in [2.75, 3.05) is 23.7 Å². The number of aromatic nitrogens is 1. The monoisotopic (exact) mass is 591 g/mol. The predicted molar refractivity (Wildman–Crippen MR) is 169 cm³/mol. The Kier molecular flexibility index (Phi) is 8.81. The quantitative estimate of drug-likeness (QED) is 0.349. The molecule has 3 heterocycles. The molecule has 2 atom stereocenters. The molecule has 9 nitrogen and oxygen atoms in total. The van der Waals surface area contributed by atoms with Gasteiger partial charge >= 0.3 is 0 Å². The Bertz CT molecular complexity index is 1530. The summed E-state index contributed by atoms with van der Waals surface area (Å²) in [7, 11) is 0. The van der Waals surface area contributed by atoms with Crippen molar-refractivity contribution in [3.63, 3.8) is 0 Å². The number of amides is 4. The molecule has 0 bridgehead atoms. The molecule has 1 aromatic heterocycles. The largest absolute Gasteiger partial charge is 0.330 e. The smallest absolute Gasteiger partial charge is 0.273 e. The van der Waals surface area contributed by atoms with E-state index in [1.54, 1.807) is 34.2 Å². The molecule has 2 aliphatic heterocycles. The maximum atomic E-state index is 13.0. The first-order valence-corrected chi connectivity index (χ1v) is 15.5. The first kappa shape index (κ1) is 29.3. The molecule has 2 saturated heterocycles. The second-order valence-electron chi connectivity index (χ2n) is 11.7. The van der Waals surface area contributed by atoms with E-state index in [-0.39, 0.29) is 35.6 Å². The summed E-state index contributed by atoms with van der Waals surface area (Å²) in [5.74, 6) is -0.310. The summed E-state index contributed by atoms with van der Waals surface area (Å²) in [6, 6.07) is 19.4. The van der Waals surface area contributed by atoms with Crippen molar-refractivity contribution in [1.29, 1.82) is 0 Å². The molecular formula is C35H37N5O4. The normalized spacial score (nSPS) is 20.0. The Hall–Kier alpha value is -4.79. The summed E-state index contributed by atoms with van der Waals surface area (Å²) in [4.78, 5) is 59.1. The molecule has 1 saturated carbocycles. The third kappa shape index (κ3) is 6.56. The second-order valence-corrected chi connectivity index (χ2v) is 11.7. The Morgan fingerprint density at radius 1 is 0.659 bits per heavy atom. The lowest BCUT2D eigenvalue weighted by molar-refractivity contribution is -0.142. The molecule has 226 valence electrons. The van der Waals surface area contributed by atoms with Crippen LogP contribution in [0, 0.1) is 5.92 Å². The summed E-state index contributed by atoms with van der Waals surface area (Å²) in [5.41, 5.74) is 3.65. The number of pyridine rings is 1. The minimum Gasteiger partial charge on any atom is -0.330 e. The van der Waals surface area contributed by atoms with Crippen LogP contribution in [0.2, 0.25) is 0 Å². The van der Waals surface area contributed by atoms with Crippen molar-refractivity contribution in [3.05, 3.63) is 89.7 Å². The van der Waals surface area contributed by atoms with Crippen LogP contribution >= 0.6 is 0 Å². The van der Waals surface area contributed by atoms with E-state index in [1.165, 1.54) is 0 Å².